The van der Waals surface area contributed by atoms with Crippen LogP contribution in [-0.4, -0.2) is 32.8 Å². The molecule has 0 amide bonds. The van der Waals surface area contributed by atoms with Gasteiger partial charge in [0.2, 0.25) is 10.0 Å². The van der Waals surface area contributed by atoms with E-state index in [1.54, 1.807) is 14.0 Å². The molecule has 0 aliphatic heterocycles. The van der Waals surface area contributed by atoms with Crippen molar-refractivity contribution in [1.82, 2.24) is 4.72 Å². The van der Waals surface area contributed by atoms with Crippen LogP contribution in [0.15, 0.2) is 11.0 Å². The maximum absolute atomic E-state index is 12.2. The Bertz CT molecular complexity index is 541. The number of hydrogen-bond donors (Lipinski definition) is 2. The van der Waals surface area contributed by atoms with Crippen molar-refractivity contribution >= 4 is 21.4 Å². The molecule has 0 saturated heterocycles. The molecule has 2 rings (SSSR count). The normalized spacial score (nSPS) is 18.3. The zero-order valence-electron chi connectivity index (χ0n) is 11.1. The summed E-state index contributed by atoms with van der Waals surface area (Å²) in [7, 11) is -1.91. The predicted molar refractivity (Wildman–Crippen MR) is 73.8 cm³/mol. The summed E-state index contributed by atoms with van der Waals surface area (Å²) in [5.41, 5.74) is -0.337. The van der Waals surface area contributed by atoms with E-state index in [4.69, 9.17) is 9.84 Å². The fraction of sp³-hybridized carbons (Fsp3) is 0.667. The van der Waals surface area contributed by atoms with Gasteiger partial charge in [-0.1, -0.05) is 0 Å². The van der Waals surface area contributed by atoms with Crippen LogP contribution in [0.1, 0.15) is 29.0 Å². The number of aliphatic hydroxyl groups is 1. The quantitative estimate of drug-likeness (QED) is 0.833. The number of aryl methyl sites for hydroxylation is 1. The van der Waals surface area contributed by atoms with Crippen molar-refractivity contribution in [3.63, 3.8) is 0 Å². The number of rotatable bonds is 6. The Hall–Kier alpha value is -0.470. The predicted octanol–water partition coefficient (Wildman–Crippen LogP) is 1.40. The highest BCUT2D eigenvalue weighted by Crippen LogP contribution is 2.35. The zero-order chi connectivity index (χ0) is 14.1. The van der Waals surface area contributed by atoms with E-state index in [2.05, 4.69) is 4.72 Å². The highest BCUT2D eigenvalue weighted by Gasteiger charge is 2.38. The summed E-state index contributed by atoms with van der Waals surface area (Å²) in [5.74, 6) is 0. The fourth-order valence-electron chi connectivity index (χ4n) is 2.20. The van der Waals surface area contributed by atoms with E-state index in [1.807, 2.05) is 0 Å². The van der Waals surface area contributed by atoms with Gasteiger partial charge in [0.05, 0.1) is 17.1 Å². The number of thiophene rings is 1. The topological polar surface area (TPSA) is 75.6 Å². The second-order valence-electron chi connectivity index (χ2n) is 4.86. The first-order chi connectivity index (χ1) is 8.92. The Kier molecular flexibility index (Phi) is 4.32. The summed E-state index contributed by atoms with van der Waals surface area (Å²) < 4.78 is 32.5. The van der Waals surface area contributed by atoms with Crippen molar-refractivity contribution in [3.8, 4) is 0 Å². The van der Waals surface area contributed by atoms with Crippen LogP contribution in [0.3, 0.4) is 0 Å². The van der Waals surface area contributed by atoms with Gasteiger partial charge in [0.15, 0.2) is 0 Å². The van der Waals surface area contributed by atoms with Crippen LogP contribution in [-0.2, 0) is 21.4 Å². The Balaban J connectivity index is 2.11. The van der Waals surface area contributed by atoms with E-state index in [0.717, 1.165) is 19.3 Å². The van der Waals surface area contributed by atoms with E-state index in [1.165, 1.54) is 17.4 Å². The molecule has 19 heavy (non-hydrogen) atoms. The largest absolute Gasteiger partial charge is 0.391 e. The van der Waals surface area contributed by atoms with Crippen molar-refractivity contribution in [1.29, 1.82) is 0 Å². The second kappa shape index (κ2) is 5.49. The Morgan fingerprint density at radius 3 is 2.63 bits per heavy atom. The van der Waals surface area contributed by atoms with Gasteiger partial charge < -0.3 is 9.84 Å². The smallest absolute Gasteiger partial charge is 0.241 e. The van der Waals surface area contributed by atoms with Gasteiger partial charge >= 0.3 is 0 Å². The molecular weight excluding hydrogens is 286 g/mol. The molecule has 1 aliphatic rings. The lowest BCUT2D eigenvalue weighted by Crippen LogP contribution is -2.49. The average Bonchev–Trinajstić information content (AvgIpc) is 2.70. The zero-order valence-corrected chi connectivity index (χ0v) is 12.7. The number of ether oxygens (including phenoxy) is 1. The van der Waals surface area contributed by atoms with E-state index in [9.17, 15) is 8.42 Å². The lowest BCUT2D eigenvalue weighted by Gasteiger charge is -2.40. The minimum atomic E-state index is -3.53. The standard InChI is InChI=1S/C12H19NO4S2/c1-9-11(6-10(7-14)18-9)19(15,16)13-8-12(17-2)4-3-5-12/h6,13-14H,3-5,7-8H2,1-2H3. The van der Waals surface area contributed by atoms with E-state index in [-0.39, 0.29) is 17.1 Å². The lowest BCUT2D eigenvalue weighted by atomic mass is 9.80. The molecule has 1 aliphatic carbocycles. The van der Waals surface area contributed by atoms with Gasteiger partial charge in [0.25, 0.3) is 0 Å². The summed E-state index contributed by atoms with van der Waals surface area (Å²) in [6.45, 7) is 1.91. The molecule has 1 heterocycles. The number of sulfonamides is 1. The highest BCUT2D eigenvalue weighted by atomic mass is 32.2. The summed E-state index contributed by atoms with van der Waals surface area (Å²) in [5, 5.41) is 9.06. The minimum absolute atomic E-state index is 0.136. The van der Waals surface area contributed by atoms with E-state index < -0.39 is 10.0 Å². The molecule has 0 atom stereocenters. The van der Waals surface area contributed by atoms with Gasteiger partial charge in [-0.25, -0.2) is 13.1 Å². The van der Waals surface area contributed by atoms with Crippen molar-refractivity contribution < 1.29 is 18.3 Å². The molecule has 0 aromatic carbocycles. The molecular formula is C12H19NO4S2. The molecule has 0 radical (unpaired) electrons. The maximum atomic E-state index is 12.2. The van der Waals surface area contributed by atoms with Gasteiger partial charge in [0, 0.05) is 23.4 Å². The molecule has 1 fully saturated rings. The summed E-state index contributed by atoms with van der Waals surface area (Å²) >= 11 is 1.30. The average molecular weight is 305 g/mol. The molecule has 7 heteroatoms. The molecule has 5 nitrogen and oxygen atoms in total. The van der Waals surface area contributed by atoms with Gasteiger partial charge in [0.1, 0.15) is 0 Å². The Morgan fingerprint density at radius 1 is 1.53 bits per heavy atom. The second-order valence-corrected chi connectivity index (χ2v) is 7.93. The van der Waals surface area contributed by atoms with Crippen molar-refractivity contribution in [3.05, 3.63) is 15.8 Å². The van der Waals surface area contributed by atoms with Gasteiger partial charge in [-0.3, -0.25) is 0 Å². The van der Waals surface area contributed by atoms with Crippen molar-refractivity contribution in [2.45, 2.75) is 43.3 Å². The maximum Gasteiger partial charge on any atom is 0.241 e. The molecule has 2 N–H and O–H groups in total. The molecule has 0 bridgehead atoms. The highest BCUT2D eigenvalue weighted by molar-refractivity contribution is 7.89. The van der Waals surface area contributed by atoms with Crippen molar-refractivity contribution in [2.75, 3.05) is 13.7 Å². The summed E-state index contributed by atoms with van der Waals surface area (Å²) in [6.07, 6.45) is 2.84. The van der Waals surface area contributed by atoms with Crippen molar-refractivity contribution in [2.24, 2.45) is 0 Å². The summed E-state index contributed by atoms with van der Waals surface area (Å²) in [4.78, 5) is 1.60. The third kappa shape index (κ3) is 3.00. The first-order valence-corrected chi connectivity index (χ1v) is 8.47. The Morgan fingerprint density at radius 2 is 2.21 bits per heavy atom. The van der Waals surface area contributed by atoms with E-state index in [0.29, 0.717) is 16.3 Å². The molecule has 0 spiro atoms. The van der Waals surface area contributed by atoms with Crippen LogP contribution in [0, 0.1) is 6.92 Å². The number of hydrogen-bond acceptors (Lipinski definition) is 5. The minimum Gasteiger partial charge on any atom is -0.391 e. The monoisotopic (exact) mass is 305 g/mol. The van der Waals surface area contributed by atoms with E-state index >= 15 is 0 Å². The van der Waals surface area contributed by atoms with Gasteiger partial charge in [-0.2, -0.15) is 0 Å². The first-order valence-electron chi connectivity index (χ1n) is 6.17. The Labute approximate surface area is 117 Å². The van der Waals surface area contributed by atoms with Crippen LogP contribution in [0.2, 0.25) is 0 Å². The number of nitrogens with one attached hydrogen (secondary N) is 1. The molecule has 108 valence electrons. The van der Waals surface area contributed by atoms with Crippen LogP contribution in [0.25, 0.3) is 0 Å². The number of methoxy groups -OCH3 is 1. The van der Waals surface area contributed by atoms with Crippen LogP contribution >= 0.6 is 11.3 Å². The SMILES string of the molecule is COC1(CNS(=O)(=O)c2cc(CO)sc2C)CCC1. The molecule has 1 saturated carbocycles. The third-order valence-corrected chi connectivity index (χ3v) is 6.34. The van der Waals surface area contributed by atoms with Crippen LogP contribution < -0.4 is 4.72 Å². The molecule has 0 unspecified atom stereocenters. The molecule has 1 aromatic heterocycles. The van der Waals surface area contributed by atoms with Gasteiger partial charge in [-0.15, -0.1) is 11.3 Å². The third-order valence-electron chi connectivity index (χ3n) is 3.65. The van der Waals surface area contributed by atoms with Crippen LogP contribution in [0.5, 0.6) is 0 Å². The first kappa shape index (κ1) is 14.9. The van der Waals surface area contributed by atoms with Gasteiger partial charge in [-0.05, 0) is 32.3 Å². The number of aliphatic hydroxyl groups excluding tert-OH is 1. The summed E-state index contributed by atoms with van der Waals surface area (Å²) in [6, 6.07) is 1.53. The lowest BCUT2D eigenvalue weighted by molar-refractivity contribution is -0.0659. The van der Waals surface area contributed by atoms with Crippen LogP contribution in [0.4, 0.5) is 0 Å². The fourth-order valence-corrected chi connectivity index (χ4v) is 4.80. The molecule has 1 aromatic rings.